The molecule has 0 spiro atoms. The van der Waals surface area contributed by atoms with Crippen LogP contribution in [0.2, 0.25) is 0 Å². The molecule has 3 heteroatoms. The van der Waals surface area contributed by atoms with Crippen molar-refractivity contribution in [2.45, 2.75) is 6.92 Å². The van der Waals surface area contributed by atoms with Crippen molar-refractivity contribution in [2.75, 3.05) is 13.2 Å². The Morgan fingerprint density at radius 2 is 2.00 bits per heavy atom. The molecule has 0 radical (unpaired) electrons. The van der Waals surface area contributed by atoms with Gasteiger partial charge in [0, 0.05) is 6.67 Å². The molecule has 0 bridgehead atoms. The van der Waals surface area contributed by atoms with Gasteiger partial charge in [-0.05, 0) is 6.54 Å². The van der Waals surface area contributed by atoms with E-state index in [1.54, 1.807) is 0 Å². The van der Waals surface area contributed by atoms with E-state index in [4.69, 9.17) is 0 Å². The largest absolute Gasteiger partial charge is 0.321 e. The first-order valence-electron chi connectivity index (χ1n) is 3.54. The van der Waals surface area contributed by atoms with Gasteiger partial charge in [-0.25, -0.2) is 0 Å². The van der Waals surface area contributed by atoms with Gasteiger partial charge in [-0.2, -0.15) is 0 Å². The molecule has 0 aliphatic heterocycles. The van der Waals surface area contributed by atoms with Gasteiger partial charge in [-0.15, -0.1) is 13.2 Å². The molecule has 0 aliphatic rings. The summed E-state index contributed by atoms with van der Waals surface area (Å²) in [6, 6.07) is 0. The fourth-order valence-electron chi connectivity index (χ4n) is 0.578. The third-order valence-corrected chi connectivity index (χ3v) is 2.91. The average molecular weight is 156 g/mol. The molecular weight excluding hydrogens is 140 g/mol. The quantitative estimate of drug-likeness (QED) is 0.329. The molecule has 2 nitrogen and oxygen atoms in total. The molecule has 0 fully saturated rings. The van der Waals surface area contributed by atoms with Gasteiger partial charge in [0.15, 0.2) is 8.96 Å². The Hall–Kier alpha value is -0.383. The molecule has 0 saturated carbocycles. The monoisotopic (exact) mass is 156 g/mol. The lowest BCUT2D eigenvalue weighted by Gasteiger charge is -2.07. The Morgan fingerprint density at radius 3 is 2.40 bits per heavy atom. The van der Waals surface area contributed by atoms with E-state index in [0.29, 0.717) is 0 Å². The van der Waals surface area contributed by atoms with Gasteiger partial charge in [0.05, 0.1) is 0 Å². The van der Waals surface area contributed by atoms with Crippen molar-refractivity contribution in [1.29, 1.82) is 0 Å². The minimum absolute atomic E-state index is 0.866. The molecule has 0 aromatic rings. The molecule has 0 unspecified atom stereocenters. The summed E-state index contributed by atoms with van der Waals surface area (Å²) in [4.78, 5) is 3.31. The molecule has 0 aromatic carbocycles. The van der Waals surface area contributed by atoms with E-state index >= 15 is 0 Å². The van der Waals surface area contributed by atoms with Crippen LogP contribution < -0.4 is 10.3 Å². The summed E-state index contributed by atoms with van der Waals surface area (Å²) < 4.78 is 0. The number of nitrogens with one attached hydrogen (secondary N) is 2. The second-order valence-electron chi connectivity index (χ2n) is 1.98. The third kappa shape index (κ3) is 4.49. The fourth-order valence-corrected chi connectivity index (χ4v) is 1.48. The van der Waals surface area contributed by atoms with Gasteiger partial charge in [0.1, 0.15) is 0 Å². The van der Waals surface area contributed by atoms with Crippen molar-refractivity contribution in [3.63, 3.8) is 0 Å². The fraction of sp³-hybridized carbons (Fsp3) is 0.429. The summed E-state index contributed by atoms with van der Waals surface area (Å²) in [5, 5.41) is 3.18. The Kier molecular flexibility index (Phi) is 6.47. The smallest absolute Gasteiger partial charge is 0.158 e. The molecule has 0 rings (SSSR count). The third-order valence-electron chi connectivity index (χ3n) is 1.22. The van der Waals surface area contributed by atoms with Crippen LogP contribution in [0, 0.1) is 0 Å². The average Bonchev–Trinajstić information content (AvgIpc) is 1.99. The van der Waals surface area contributed by atoms with Crippen molar-refractivity contribution >= 4 is 8.96 Å². The van der Waals surface area contributed by atoms with Crippen molar-refractivity contribution in [2.24, 2.45) is 0 Å². The zero-order valence-corrected chi connectivity index (χ0v) is 7.72. The molecule has 0 heterocycles. The van der Waals surface area contributed by atoms with E-state index < -0.39 is 8.96 Å². The Labute approximate surface area is 64.7 Å². The molecule has 0 saturated heterocycles. The Morgan fingerprint density at radius 1 is 1.40 bits per heavy atom. The van der Waals surface area contributed by atoms with E-state index in [9.17, 15) is 0 Å². The first-order valence-corrected chi connectivity index (χ1v) is 5.45. The number of hydrogen-bond donors (Lipinski definition) is 2. The van der Waals surface area contributed by atoms with Crippen LogP contribution >= 0.6 is 0 Å². The SMILES string of the molecule is C=C[SiH](C=C)NCNCC. The van der Waals surface area contributed by atoms with Crippen molar-refractivity contribution < 1.29 is 0 Å². The predicted octanol–water partition coefficient (Wildman–Crippen LogP) is 0.317. The first-order chi connectivity index (χ1) is 4.85. The highest BCUT2D eigenvalue weighted by atomic mass is 28.3. The molecule has 0 aromatic heterocycles. The normalized spacial score (nSPS) is 9.80. The highest BCUT2D eigenvalue weighted by Gasteiger charge is 1.95. The maximum Gasteiger partial charge on any atom is 0.158 e. The van der Waals surface area contributed by atoms with Crippen LogP contribution in [-0.2, 0) is 0 Å². The highest BCUT2D eigenvalue weighted by molar-refractivity contribution is 6.66. The van der Waals surface area contributed by atoms with Crippen LogP contribution in [0.25, 0.3) is 0 Å². The van der Waals surface area contributed by atoms with Gasteiger partial charge in [-0.3, -0.25) is 0 Å². The van der Waals surface area contributed by atoms with E-state index in [2.05, 4.69) is 30.4 Å². The zero-order chi connectivity index (χ0) is 7.82. The maximum atomic E-state index is 3.71. The predicted molar refractivity (Wildman–Crippen MR) is 49.2 cm³/mol. The summed E-state index contributed by atoms with van der Waals surface area (Å²) in [6.45, 7) is 11.4. The van der Waals surface area contributed by atoms with Crippen LogP contribution in [0.4, 0.5) is 0 Å². The molecule has 0 amide bonds. The Balaban J connectivity index is 3.25. The molecule has 2 N–H and O–H groups in total. The van der Waals surface area contributed by atoms with Crippen LogP contribution in [0.5, 0.6) is 0 Å². The highest BCUT2D eigenvalue weighted by Crippen LogP contribution is 1.76. The molecule has 0 aliphatic carbocycles. The molecule has 0 atom stereocenters. The van der Waals surface area contributed by atoms with Gasteiger partial charge >= 0.3 is 0 Å². The summed E-state index contributed by atoms with van der Waals surface area (Å²) in [5.41, 5.74) is 3.93. The van der Waals surface area contributed by atoms with E-state index in [1.807, 2.05) is 11.4 Å². The second kappa shape index (κ2) is 6.73. The van der Waals surface area contributed by atoms with Gasteiger partial charge in [0.25, 0.3) is 0 Å². The topological polar surface area (TPSA) is 24.1 Å². The summed E-state index contributed by atoms with van der Waals surface area (Å²) in [7, 11) is -1.01. The van der Waals surface area contributed by atoms with Gasteiger partial charge < -0.3 is 10.3 Å². The molecule has 58 valence electrons. The number of hydrogen-bond acceptors (Lipinski definition) is 2. The standard InChI is InChI=1S/C7H16N2Si/c1-4-8-7-9-10(5-2)6-3/h5-6,8-10H,2-4,7H2,1H3. The Bertz CT molecular complexity index is 95.8. The van der Waals surface area contributed by atoms with Gasteiger partial charge in [0.2, 0.25) is 0 Å². The second-order valence-corrected chi connectivity index (χ2v) is 4.38. The van der Waals surface area contributed by atoms with Gasteiger partial charge in [-0.1, -0.05) is 18.3 Å². The molecular formula is C7H16N2Si. The summed E-state index contributed by atoms with van der Waals surface area (Å²) in [5.74, 6) is 0. The summed E-state index contributed by atoms with van der Waals surface area (Å²) >= 11 is 0. The number of rotatable bonds is 6. The minimum atomic E-state index is -1.01. The van der Waals surface area contributed by atoms with E-state index in [0.717, 1.165) is 13.2 Å². The van der Waals surface area contributed by atoms with Crippen molar-refractivity contribution in [3.05, 3.63) is 24.6 Å². The lowest BCUT2D eigenvalue weighted by molar-refractivity contribution is 0.702. The minimum Gasteiger partial charge on any atom is -0.321 e. The summed E-state index contributed by atoms with van der Waals surface area (Å²) in [6.07, 6.45) is 0. The van der Waals surface area contributed by atoms with E-state index in [1.165, 1.54) is 0 Å². The maximum absolute atomic E-state index is 3.71. The van der Waals surface area contributed by atoms with Crippen molar-refractivity contribution in [3.8, 4) is 0 Å². The van der Waals surface area contributed by atoms with E-state index in [-0.39, 0.29) is 0 Å². The van der Waals surface area contributed by atoms with Crippen LogP contribution in [0.15, 0.2) is 24.6 Å². The lowest BCUT2D eigenvalue weighted by Crippen LogP contribution is -2.38. The lowest BCUT2D eigenvalue weighted by atomic mass is 10.8. The van der Waals surface area contributed by atoms with Crippen LogP contribution in [0.3, 0.4) is 0 Å². The molecule has 10 heavy (non-hydrogen) atoms. The zero-order valence-electron chi connectivity index (χ0n) is 6.56. The van der Waals surface area contributed by atoms with Crippen LogP contribution in [-0.4, -0.2) is 22.2 Å². The van der Waals surface area contributed by atoms with Crippen LogP contribution in [0.1, 0.15) is 6.92 Å². The van der Waals surface area contributed by atoms with Crippen molar-refractivity contribution in [1.82, 2.24) is 10.3 Å². The first kappa shape index (κ1) is 9.62.